The first-order valence-corrected chi connectivity index (χ1v) is 12.2. The van der Waals surface area contributed by atoms with Gasteiger partial charge in [-0.3, -0.25) is 9.36 Å². The van der Waals surface area contributed by atoms with E-state index in [4.69, 9.17) is 23.2 Å². The van der Waals surface area contributed by atoms with E-state index in [9.17, 15) is 4.79 Å². The van der Waals surface area contributed by atoms with Crippen LogP contribution in [0.3, 0.4) is 0 Å². The van der Waals surface area contributed by atoms with Crippen molar-refractivity contribution < 1.29 is 4.79 Å². The van der Waals surface area contributed by atoms with Gasteiger partial charge in [0.2, 0.25) is 0 Å². The summed E-state index contributed by atoms with van der Waals surface area (Å²) >= 11 is 13.3. The van der Waals surface area contributed by atoms with Crippen molar-refractivity contribution in [2.75, 3.05) is 5.75 Å². The molecule has 0 bridgehead atoms. The molecule has 9 heteroatoms. The van der Waals surface area contributed by atoms with Gasteiger partial charge in [-0.1, -0.05) is 89.1 Å². The molecule has 4 rings (SSSR count). The van der Waals surface area contributed by atoms with Crippen molar-refractivity contribution >= 4 is 46.6 Å². The van der Waals surface area contributed by atoms with E-state index in [1.165, 1.54) is 11.8 Å². The Morgan fingerprint density at radius 3 is 2.44 bits per heavy atom. The number of hydrazone groups is 1. The molecule has 4 aromatic rings. The van der Waals surface area contributed by atoms with Crippen LogP contribution < -0.4 is 5.43 Å². The molecule has 34 heavy (non-hydrogen) atoms. The van der Waals surface area contributed by atoms with Gasteiger partial charge in [-0.15, -0.1) is 10.2 Å². The molecule has 3 aromatic carbocycles. The molecular weight excluding hydrogens is 489 g/mol. The summed E-state index contributed by atoms with van der Waals surface area (Å²) in [4.78, 5) is 12.5. The normalized spacial score (nSPS) is 11.5. The molecule has 0 aliphatic heterocycles. The Kier molecular flexibility index (Phi) is 7.67. The highest BCUT2D eigenvalue weighted by Gasteiger charge is 2.17. The molecule has 1 heterocycles. The van der Waals surface area contributed by atoms with Crippen molar-refractivity contribution in [3.05, 3.63) is 94.0 Å². The number of hydrogen-bond acceptors (Lipinski definition) is 5. The lowest BCUT2D eigenvalue weighted by atomic mass is 10.1. The lowest BCUT2D eigenvalue weighted by Gasteiger charge is -2.10. The number of thioether (sulfide) groups is 1. The molecule has 0 radical (unpaired) electrons. The Morgan fingerprint density at radius 2 is 1.74 bits per heavy atom. The largest absolute Gasteiger partial charge is 0.272 e. The van der Waals surface area contributed by atoms with Crippen molar-refractivity contribution in [1.29, 1.82) is 0 Å². The summed E-state index contributed by atoms with van der Waals surface area (Å²) in [6.07, 6.45) is 0. The fourth-order valence-corrected chi connectivity index (χ4v) is 4.20. The Bertz CT molecular complexity index is 1340. The molecule has 1 N–H and O–H groups in total. The molecule has 0 aliphatic carbocycles. The predicted molar refractivity (Wildman–Crippen MR) is 139 cm³/mol. The van der Waals surface area contributed by atoms with Crippen LogP contribution in [0, 0.1) is 6.92 Å². The van der Waals surface area contributed by atoms with Gasteiger partial charge in [0.25, 0.3) is 5.91 Å². The number of nitrogens with one attached hydrogen (secondary N) is 1. The number of carbonyl (C=O) groups excluding carboxylic acids is 1. The van der Waals surface area contributed by atoms with Gasteiger partial charge in [-0.05, 0) is 43.7 Å². The fourth-order valence-electron chi connectivity index (χ4n) is 3.16. The summed E-state index contributed by atoms with van der Waals surface area (Å²) in [7, 11) is 0. The zero-order valence-electron chi connectivity index (χ0n) is 18.5. The Labute approximate surface area is 212 Å². The van der Waals surface area contributed by atoms with E-state index >= 15 is 0 Å². The SMILES string of the molecule is C/C(=N/NC(=O)CSc1nnc(-c2ccc(C)cc2)n1-c1ccccc1)c1ccc(Cl)c(Cl)c1. The van der Waals surface area contributed by atoms with Gasteiger partial charge in [-0.25, -0.2) is 5.43 Å². The molecule has 1 aromatic heterocycles. The third-order valence-electron chi connectivity index (χ3n) is 4.98. The monoisotopic (exact) mass is 509 g/mol. The number of hydrogen-bond donors (Lipinski definition) is 1. The summed E-state index contributed by atoms with van der Waals surface area (Å²) in [5.41, 5.74) is 7.00. The third-order valence-corrected chi connectivity index (χ3v) is 6.64. The number of para-hydroxylation sites is 1. The average molecular weight is 510 g/mol. The topological polar surface area (TPSA) is 72.2 Å². The highest BCUT2D eigenvalue weighted by Crippen LogP contribution is 2.28. The molecule has 1 amide bonds. The summed E-state index contributed by atoms with van der Waals surface area (Å²) in [5.74, 6) is 0.573. The van der Waals surface area contributed by atoms with Gasteiger partial charge >= 0.3 is 0 Å². The van der Waals surface area contributed by atoms with Crippen LogP contribution in [0.5, 0.6) is 0 Å². The minimum absolute atomic E-state index is 0.122. The molecule has 0 aliphatic rings. The number of rotatable bonds is 7. The number of aryl methyl sites for hydroxylation is 1. The minimum Gasteiger partial charge on any atom is -0.272 e. The van der Waals surface area contributed by atoms with E-state index in [-0.39, 0.29) is 11.7 Å². The van der Waals surface area contributed by atoms with Gasteiger partial charge in [0, 0.05) is 11.3 Å². The number of aromatic nitrogens is 3. The summed E-state index contributed by atoms with van der Waals surface area (Å²) in [5, 5.41) is 14.5. The Morgan fingerprint density at radius 1 is 1.00 bits per heavy atom. The molecule has 0 saturated carbocycles. The highest BCUT2D eigenvalue weighted by atomic mass is 35.5. The van der Waals surface area contributed by atoms with Crippen molar-refractivity contribution in [1.82, 2.24) is 20.2 Å². The van der Waals surface area contributed by atoms with Crippen LogP contribution in [0.25, 0.3) is 17.1 Å². The van der Waals surface area contributed by atoms with Gasteiger partial charge in [-0.2, -0.15) is 5.10 Å². The average Bonchev–Trinajstić information content (AvgIpc) is 3.28. The molecular formula is C25H21Cl2N5OS. The smallest absolute Gasteiger partial charge is 0.250 e. The maximum Gasteiger partial charge on any atom is 0.250 e. The Balaban J connectivity index is 1.51. The maximum absolute atomic E-state index is 12.5. The van der Waals surface area contributed by atoms with Crippen LogP contribution in [-0.2, 0) is 4.79 Å². The van der Waals surface area contributed by atoms with E-state index in [1.54, 1.807) is 25.1 Å². The van der Waals surface area contributed by atoms with E-state index in [1.807, 2.05) is 66.1 Å². The molecule has 172 valence electrons. The van der Waals surface area contributed by atoms with Crippen molar-refractivity contribution in [2.24, 2.45) is 5.10 Å². The van der Waals surface area contributed by atoms with Gasteiger partial charge in [0.05, 0.1) is 21.5 Å². The van der Waals surface area contributed by atoms with Crippen LogP contribution in [0.1, 0.15) is 18.1 Å². The molecule has 0 saturated heterocycles. The van der Waals surface area contributed by atoms with Crippen LogP contribution >= 0.6 is 35.0 Å². The number of halogens is 2. The number of amides is 1. The van der Waals surface area contributed by atoms with Gasteiger partial charge in [0.1, 0.15) is 0 Å². The standard InChI is InChI=1S/C25H21Cl2N5OS/c1-16-8-10-18(11-9-16)24-30-31-25(32(24)20-6-4-3-5-7-20)34-15-23(33)29-28-17(2)19-12-13-21(26)22(27)14-19/h3-14H,15H2,1-2H3,(H,29,33)/b28-17-. The second kappa shape index (κ2) is 10.9. The third kappa shape index (κ3) is 5.67. The zero-order valence-corrected chi connectivity index (χ0v) is 20.8. The lowest BCUT2D eigenvalue weighted by Crippen LogP contribution is -2.21. The van der Waals surface area contributed by atoms with Crippen molar-refractivity contribution in [2.45, 2.75) is 19.0 Å². The van der Waals surface area contributed by atoms with E-state index in [2.05, 4.69) is 20.7 Å². The number of carbonyl (C=O) groups is 1. The summed E-state index contributed by atoms with van der Waals surface area (Å²) < 4.78 is 1.95. The van der Waals surface area contributed by atoms with Crippen LogP contribution in [-0.4, -0.2) is 32.1 Å². The lowest BCUT2D eigenvalue weighted by molar-refractivity contribution is -0.118. The summed E-state index contributed by atoms with van der Waals surface area (Å²) in [6.45, 7) is 3.82. The molecule has 0 atom stereocenters. The zero-order chi connectivity index (χ0) is 24.1. The Hall–Kier alpha value is -3.13. The first kappa shape index (κ1) is 24.0. The van der Waals surface area contributed by atoms with Crippen LogP contribution in [0.4, 0.5) is 0 Å². The minimum atomic E-state index is -0.260. The molecule has 0 fully saturated rings. The second-order valence-corrected chi connectivity index (χ2v) is 9.25. The molecule has 6 nitrogen and oxygen atoms in total. The maximum atomic E-state index is 12.5. The quantitative estimate of drug-likeness (QED) is 0.183. The van der Waals surface area contributed by atoms with E-state index in [0.717, 1.165) is 22.4 Å². The van der Waals surface area contributed by atoms with Crippen LogP contribution in [0.15, 0.2) is 83.1 Å². The number of nitrogens with zero attached hydrogens (tertiary/aromatic N) is 4. The first-order valence-electron chi connectivity index (χ1n) is 10.4. The predicted octanol–water partition coefficient (Wildman–Crippen LogP) is 6.18. The summed E-state index contributed by atoms with van der Waals surface area (Å²) in [6, 6.07) is 23.1. The van der Waals surface area contributed by atoms with E-state index < -0.39 is 0 Å². The fraction of sp³-hybridized carbons (Fsp3) is 0.120. The van der Waals surface area contributed by atoms with Gasteiger partial charge < -0.3 is 0 Å². The first-order chi connectivity index (χ1) is 16.4. The second-order valence-electron chi connectivity index (χ2n) is 7.49. The van der Waals surface area contributed by atoms with E-state index in [0.29, 0.717) is 26.7 Å². The molecule has 0 unspecified atom stereocenters. The number of benzene rings is 3. The highest BCUT2D eigenvalue weighted by molar-refractivity contribution is 7.99. The van der Waals surface area contributed by atoms with Gasteiger partial charge in [0.15, 0.2) is 11.0 Å². The van der Waals surface area contributed by atoms with Crippen LogP contribution in [0.2, 0.25) is 10.0 Å². The van der Waals surface area contributed by atoms with Crippen molar-refractivity contribution in [3.8, 4) is 17.1 Å². The van der Waals surface area contributed by atoms with Crippen molar-refractivity contribution in [3.63, 3.8) is 0 Å². The molecule has 0 spiro atoms.